The van der Waals surface area contributed by atoms with E-state index in [1.165, 1.54) is 9.80 Å². The van der Waals surface area contributed by atoms with Gasteiger partial charge in [-0.05, 0) is 71.4 Å². The first-order valence-corrected chi connectivity index (χ1v) is 20.3. The zero-order chi connectivity index (χ0) is 39.0. The van der Waals surface area contributed by atoms with Gasteiger partial charge in [-0.1, -0.05) is 13.3 Å². The predicted molar refractivity (Wildman–Crippen MR) is 180 cm³/mol. The zero-order valence-electron chi connectivity index (χ0n) is 29.7. The molecule has 4 saturated heterocycles. The van der Waals surface area contributed by atoms with Gasteiger partial charge in [0.2, 0.25) is 11.8 Å². The fourth-order valence-corrected chi connectivity index (χ4v) is 8.46. The number of rotatable bonds is 14. The molecule has 4 bridgehead atoms. The fourth-order valence-electron chi connectivity index (χ4n) is 7.69. The van der Waals surface area contributed by atoms with Crippen LogP contribution >= 0.6 is 0 Å². The van der Waals surface area contributed by atoms with Gasteiger partial charge in [-0.15, -0.1) is 8.57 Å². The maximum atomic E-state index is 12.4. The third kappa shape index (κ3) is 9.61. The van der Waals surface area contributed by atoms with Crippen molar-refractivity contribution in [3.05, 3.63) is 0 Å². The molecular formula is C30H47N7O14S2. The van der Waals surface area contributed by atoms with Gasteiger partial charge in [-0.2, -0.15) is 27.0 Å². The van der Waals surface area contributed by atoms with Gasteiger partial charge in [0.15, 0.2) is 11.6 Å². The average Bonchev–Trinajstić information content (AvgIpc) is 3.39. The van der Waals surface area contributed by atoms with E-state index in [1.807, 2.05) is 14.1 Å². The van der Waals surface area contributed by atoms with Crippen molar-refractivity contribution < 1.29 is 63.3 Å². The first-order valence-electron chi connectivity index (χ1n) is 17.6. The Bertz CT molecular complexity index is 1680. The van der Waals surface area contributed by atoms with Crippen molar-refractivity contribution in [1.82, 2.24) is 35.5 Å². The van der Waals surface area contributed by atoms with Crippen LogP contribution in [0.25, 0.3) is 0 Å². The Labute approximate surface area is 307 Å². The molecule has 21 nitrogen and oxygen atoms in total. The maximum Gasteiger partial charge on any atom is 0.418 e. The van der Waals surface area contributed by atoms with Crippen molar-refractivity contribution in [2.24, 2.45) is 17.8 Å². The number of urea groups is 2. The van der Waals surface area contributed by atoms with E-state index in [9.17, 15) is 45.6 Å². The third-order valence-corrected chi connectivity index (χ3v) is 11.7. The summed E-state index contributed by atoms with van der Waals surface area (Å²) in [5.74, 6) is -0.382. The molecule has 4 heterocycles. The summed E-state index contributed by atoms with van der Waals surface area (Å²) in [6.07, 6.45) is 5.67. The Hall–Kier alpha value is -3.48. The number of hydrogen-bond acceptors (Lipinski definition) is 13. The molecule has 2 saturated carbocycles. The summed E-state index contributed by atoms with van der Waals surface area (Å²) in [5.41, 5.74) is 0. The lowest BCUT2D eigenvalue weighted by molar-refractivity contribution is -0.131. The van der Waals surface area contributed by atoms with Crippen molar-refractivity contribution in [3.8, 4) is 0 Å². The number of Topliss-reactive ketones (excluding diaryl/α,β-unsaturated/α-hetero) is 2. The van der Waals surface area contributed by atoms with E-state index < -0.39 is 68.8 Å². The van der Waals surface area contributed by atoms with Gasteiger partial charge in [0, 0.05) is 31.0 Å². The molecule has 23 heteroatoms. The Morgan fingerprint density at radius 3 is 1.47 bits per heavy atom. The van der Waals surface area contributed by atoms with Gasteiger partial charge in [0.25, 0.3) is 0 Å². The first kappa shape index (κ1) is 40.7. The molecule has 0 spiro atoms. The average molecular weight is 794 g/mol. The van der Waals surface area contributed by atoms with Gasteiger partial charge in [-0.3, -0.25) is 28.3 Å². The molecule has 2 aliphatic carbocycles. The maximum absolute atomic E-state index is 12.4. The van der Waals surface area contributed by atoms with Gasteiger partial charge in [-0.25, -0.2) is 9.59 Å². The second-order valence-corrected chi connectivity index (χ2v) is 16.6. The topological polar surface area (TPSA) is 270 Å². The Balaban J connectivity index is 0.000000204. The van der Waals surface area contributed by atoms with Gasteiger partial charge in [0.1, 0.15) is 12.1 Å². The Morgan fingerprint density at radius 2 is 1.11 bits per heavy atom. The minimum Gasteiger partial charge on any atom is -0.347 e. The van der Waals surface area contributed by atoms with Crippen molar-refractivity contribution in [2.45, 2.75) is 94.9 Å². The normalized spacial score (nSPS) is 30.7. The molecule has 4 atom stereocenters. The van der Waals surface area contributed by atoms with Crippen molar-refractivity contribution in [1.29, 1.82) is 0 Å². The van der Waals surface area contributed by atoms with E-state index in [-0.39, 0.29) is 49.6 Å². The smallest absolute Gasteiger partial charge is 0.347 e. The number of piperidine rings is 2. The fraction of sp³-hybridized carbons (Fsp3) is 0.800. The molecule has 6 amide bonds. The molecule has 4 aliphatic heterocycles. The summed E-state index contributed by atoms with van der Waals surface area (Å²) in [7, 11) is -5.72. The SMILES string of the molecule is CCC1CC(C(=O)CNC(=O)[C@@H]2CC[C@@H]3CN2C(=O)N3OS(=O)(=O)O)C1.CN(C)C1CC(C(=O)CNC(=O)[C@@H]2CC[C@@H]3CN2C(=O)N3OS(=O)(=O)O)C1. The molecule has 6 fully saturated rings. The number of amides is 6. The van der Waals surface area contributed by atoms with Crippen molar-refractivity contribution in [3.63, 3.8) is 0 Å². The summed E-state index contributed by atoms with van der Waals surface area (Å²) >= 11 is 0. The van der Waals surface area contributed by atoms with E-state index in [1.54, 1.807) is 0 Å². The molecule has 0 radical (unpaired) electrons. The van der Waals surface area contributed by atoms with E-state index in [0.717, 1.165) is 32.1 Å². The van der Waals surface area contributed by atoms with Crippen LogP contribution in [0.4, 0.5) is 9.59 Å². The number of hydrogen-bond donors (Lipinski definition) is 4. The lowest BCUT2D eigenvalue weighted by Gasteiger charge is -2.38. The van der Waals surface area contributed by atoms with Crippen LogP contribution in [0.15, 0.2) is 0 Å². The second-order valence-electron chi connectivity index (χ2n) is 14.6. The summed E-state index contributed by atoms with van der Waals surface area (Å²) < 4.78 is 69.7. The molecule has 0 aromatic carbocycles. The third-order valence-electron chi connectivity index (χ3n) is 11.0. The zero-order valence-corrected chi connectivity index (χ0v) is 31.3. The molecule has 0 aromatic heterocycles. The number of carbonyl (C=O) groups excluding carboxylic acids is 6. The molecular weight excluding hydrogens is 746 g/mol. The first-order chi connectivity index (χ1) is 24.8. The van der Waals surface area contributed by atoms with Crippen LogP contribution < -0.4 is 10.6 Å². The Morgan fingerprint density at radius 1 is 0.717 bits per heavy atom. The largest absolute Gasteiger partial charge is 0.418 e. The summed E-state index contributed by atoms with van der Waals surface area (Å²) in [6, 6.07) is -3.88. The Kier molecular flexibility index (Phi) is 12.4. The van der Waals surface area contributed by atoms with E-state index >= 15 is 0 Å². The second kappa shape index (κ2) is 16.1. The number of hydroxylamine groups is 4. The van der Waals surface area contributed by atoms with E-state index in [2.05, 4.69) is 31.0 Å². The highest BCUT2D eigenvalue weighted by Gasteiger charge is 2.51. The highest BCUT2D eigenvalue weighted by atomic mass is 32.3. The number of ketones is 2. The quantitative estimate of drug-likeness (QED) is 0.156. The monoisotopic (exact) mass is 793 g/mol. The minimum atomic E-state index is -4.83. The summed E-state index contributed by atoms with van der Waals surface area (Å²) in [6.45, 7) is 2.18. The molecule has 0 unspecified atom stereocenters. The van der Waals surface area contributed by atoms with Crippen LogP contribution in [0.1, 0.15) is 64.7 Å². The van der Waals surface area contributed by atoms with Crippen LogP contribution in [-0.4, -0.2) is 157 Å². The molecule has 298 valence electrons. The van der Waals surface area contributed by atoms with Crippen molar-refractivity contribution >= 4 is 56.2 Å². The van der Waals surface area contributed by atoms with E-state index in [0.29, 0.717) is 47.8 Å². The lowest BCUT2D eigenvalue weighted by Crippen LogP contribution is -2.52. The minimum absolute atomic E-state index is 0.000758. The van der Waals surface area contributed by atoms with Crippen LogP contribution in [0.5, 0.6) is 0 Å². The van der Waals surface area contributed by atoms with Crippen LogP contribution in [0.2, 0.25) is 0 Å². The number of nitrogens with zero attached hydrogens (tertiary/aromatic N) is 5. The van der Waals surface area contributed by atoms with Crippen LogP contribution in [0.3, 0.4) is 0 Å². The molecule has 6 aliphatic rings. The molecule has 6 rings (SSSR count). The molecule has 0 aromatic rings. The van der Waals surface area contributed by atoms with Gasteiger partial charge >= 0.3 is 32.9 Å². The predicted octanol–water partition coefficient (Wildman–Crippen LogP) is -0.874. The number of fused-ring (bicyclic) bond motifs is 4. The molecule has 53 heavy (non-hydrogen) atoms. The molecule has 4 N–H and O–H groups in total. The van der Waals surface area contributed by atoms with Crippen LogP contribution in [0, 0.1) is 17.8 Å². The number of carbonyl (C=O) groups is 6. The van der Waals surface area contributed by atoms with Crippen molar-refractivity contribution in [2.75, 3.05) is 40.3 Å². The van der Waals surface area contributed by atoms with Gasteiger partial charge < -0.3 is 25.3 Å². The highest BCUT2D eigenvalue weighted by Crippen LogP contribution is 2.37. The summed E-state index contributed by atoms with van der Waals surface area (Å²) in [4.78, 5) is 78.1. The number of nitrogens with one attached hydrogen (secondary N) is 2. The standard InChI is InChI=1S/C15H24N4O7S.C15H23N3O7S/c1-17(2)11-5-9(6-11)13(20)7-16-14(21)12-4-3-10-8-18(12)15(22)19(10)26-27(23,24)25;1-2-9-5-10(6-9)13(19)7-16-14(20)12-4-3-11-8-17(12)15(21)18(11)25-26(22,23)24/h9-12H,3-8H2,1-2H3,(H,16,21)(H,23,24,25);9-12H,2-8H2,1H3,(H,16,20)(H,22,23,24)/t9?,10-,11?,12+;9?,10?,11-,12+/m11/s1. The summed E-state index contributed by atoms with van der Waals surface area (Å²) in [5, 5.41) is 6.36. The van der Waals surface area contributed by atoms with E-state index in [4.69, 9.17) is 9.11 Å². The van der Waals surface area contributed by atoms with Crippen LogP contribution in [-0.2, 0) is 48.5 Å². The highest BCUT2D eigenvalue weighted by molar-refractivity contribution is 7.81. The lowest BCUT2D eigenvalue weighted by atomic mass is 9.71. The van der Waals surface area contributed by atoms with Gasteiger partial charge in [0.05, 0.1) is 25.2 Å².